The van der Waals surface area contributed by atoms with Crippen molar-refractivity contribution in [2.75, 3.05) is 13.2 Å². The van der Waals surface area contributed by atoms with E-state index in [9.17, 15) is 14.4 Å². The van der Waals surface area contributed by atoms with Crippen LogP contribution in [0.15, 0.2) is 48.6 Å². The molecule has 1 atom stereocenters. The highest BCUT2D eigenvalue weighted by molar-refractivity contribution is 5.71. The van der Waals surface area contributed by atoms with Gasteiger partial charge in [-0.05, 0) is 83.5 Å². The molecule has 0 aromatic rings. The van der Waals surface area contributed by atoms with E-state index in [0.29, 0.717) is 19.3 Å². The van der Waals surface area contributed by atoms with Gasteiger partial charge in [-0.2, -0.15) is 0 Å². The Hall–Kier alpha value is -2.63. The molecule has 0 aliphatic rings. The quantitative estimate of drug-likeness (QED) is 0.0262. The number of hydrogen-bond donors (Lipinski definition) is 0. The van der Waals surface area contributed by atoms with Crippen LogP contribution in [0.3, 0.4) is 0 Å². The number of carbonyl (C=O) groups is 3. The monoisotopic (exact) mass is 925 g/mol. The maximum absolute atomic E-state index is 12.8. The zero-order valence-corrected chi connectivity index (χ0v) is 44.0. The lowest BCUT2D eigenvalue weighted by molar-refractivity contribution is -0.167. The van der Waals surface area contributed by atoms with Crippen molar-refractivity contribution in [2.45, 2.75) is 303 Å². The van der Waals surface area contributed by atoms with Gasteiger partial charge >= 0.3 is 17.9 Å². The molecule has 0 aliphatic carbocycles. The van der Waals surface area contributed by atoms with E-state index in [2.05, 4.69) is 69.4 Å². The number of ether oxygens (including phenoxy) is 3. The molecule has 0 aliphatic heterocycles. The Labute approximate surface area is 409 Å². The highest BCUT2D eigenvalue weighted by Gasteiger charge is 2.19. The van der Waals surface area contributed by atoms with Gasteiger partial charge in [0.1, 0.15) is 13.2 Å². The van der Waals surface area contributed by atoms with Crippen LogP contribution in [0.25, 0.3) is 0 Å². The Balaban J connectivity index is 4.35. The largest absolute Gasteiger partial charge is 0.462 e. The second-order valence-electron chi connectivity index (χ2n) is 19.2. The van der Waals surface area contributed by atoms with Crippen LogP contribution < -0.4 is 0 Å². The Bertz CT molecular complexity index is 1150. The molecule has 0 radical (unpaired) electrons. The SMILES string of the molecule is CCCCCCC/C=C\C/C=C\C/C=C\CCCCCCCCC(=O)OCC(COC(=O)CCCCCCCCCCCCCCC)OC(=O)CCCCCCC/C=C\CCCCCCC. The van der Waals surface area contributed by atoms with Crippen molar-refractivity contribution in [1.29, 1.82) is 0 Å². The van der Waals surface area contributed by atoms with Gasteiger partial charge in [0, 0.05) is 19.3 Å². The van der Waals surface area contributed by atoms with E-state index in [1.165, 1.54) is 167 Å². The van der Waals surface area contributed by atoms with Gasteiger partial charge in [0.05, 0.1) is 0 Å². The van der Waals surface area contributed by atoms with Crippen LogP contribution in [0, 0.1) is 0 Å². The van der Waals surface area contributed by atoms with Crippen molar-refractivity contribution in [1.82, 2.24) is 0 Å². The third kappa shape index (κ3) is 52.3. The lowest BCUT2D eigenvalue weighted by Crippen LogP contribution is -2.30. The summed E-state index contributed by atoms with van der Waals surface area (Å²) in [5.41, 5.74) is 0. The second-order valence-corrected chi connectivity index (χ2v) is 19.2. The Morgan fingerprint density at radius 2 is 0.545 bits per heavy atom. The predicted molar refractivity (Wildman–Crippen MR) is 284 cm³/mol. The average molecular weight is 926 g/mol. The van der Waals surface area contributed by atoms with E-state index in [0.717, 1.165) is 89.9 Å². The van der Waals surface area contributed by atoms with Crippen LogP contribution in [0.4, 0.5) is 0 Å². The van der Waals surface area contributed by atoms with Crippen LogP contribution in [0.1, 0.15) is 297 Å². The third-order valence-electron chi connectivity index (χ3n) is 12.6. The first-order valence-electron chi connectivity index (χ1n) is 28.6. The van der Waals surface area contributed by atoms with Gasteiger partial charge in [0.15, 0.2) is 6.10 Å². The molecule has 0 aromatic carbocycles. The summed E-state index contributed by atoms with van der Waals surface area (Å²) in [5, 5.41) is 0. The van der Waals surface area contributed by atoms with Crippen molar-refractivity contribution in [2.24, 2.45) is 0 Å². The van der Waals surface area contributed by atoms with Crippen molar-refractivity contribution in [3.63, 3.8) is 0 Å². The summed E-state index contributed by atoms with van der Waals surface area (Å²) in [4.78, 5) is 38.1. The predicted octanol–water partition coefficient (Wildman–Crippen LogP) is 19.0. The van der Waals surface area contributed by atoms with Gasteiger partial charge < -0.3 is 14.2 Å². The second kappa shape index (κ2) is 55.0. The molecule has 0 fully saturated rings. The molecular weight excluding hydrogens is 817 g/mol. The number of allylic oxidation sites excluding steroid dienone is 8. The summed E-state index contributed by atoms with van der Waals surface area (Å²) in [5.74, 6) is -0.887. The minimum atomic E-state index is -0.780. The summed E-state index contributed by atoms with van der Waals surface area (Å²) in [6.07, 6.45) is 66.7. The standard InChI is InChI=1S/C60H108O6/c1-4-7-10-13-16-19-22-25-27-28-29-30-31-32-33-36-38-41-44-47-50-53-59(62)65-56-57(55-64-58(61)52-49-46-43-40-37-34-24-21-18-15-12-9-6-3)66-60(63)54-51-48-45-42-39-35-26-23-20-17-14-11-8-5-2/h22-23,25-26,28-29,31-32,57H,4-21,24,27,30,33-56H2,1-3H3/b25-22-,26-23-,29-28-,32-31-. The van der Waals surface area contributed by atoms with Crippen LogP contribution in [0.2, 0.25) is 0 Å². The maximum Gasteiger partial charge on any atom is 0.306 e. The van der Waals surface area contributed by atoms with Crippen molar-refractivity contribution in [3.8, 4) is 0 Å². The number of esters is 3. The molecule has 0 saturated heterocycles. The zero-order valence-electron chi connectivity index (χ0n) is 44.0. The highest BCUT2D eigenvalue weighted by Crippen LogP contribution is 2.15. The van der Waals surface area contributed by atoms with Gasteiger partial charge in [-0.25, -0.2) is 0 Å². The molecule has 0 saturated carbocycles. The zero-order chi connectivity index (χ0) is 47.9. The van der Waals surface area contributed by atoms with E-state index < -0.39 is 6.10 Å². The average Bonchev–Trinajstić information content (AvgIpc) is 3.31. The molecule has 6 nitrogen and oxygen atoms in total. The molecule has 6 heteroatoms. The van der Waals surface area contributed by atoms with Gasteiger partial charge in [-0.1, -0.05) is 243 Å². The van der Waals surface area contributed by atoms with Gasteiger partial charge in [0.25, 0.3) is 0 Å². The minimum Gasteiger partial charge on any atom is -0.462 e. The van der Waals surface area contributed by atoms with E-state index >= 15 is 0 Å². The first-order chi connectivity index (χ1) is 32.5. The topological polar surface area (TPSA) is 78.9 Å². The molecule has 0 heterocycles. The van der Waals surface area contributed by atoms with Crippen LogP contribution in [0.5, 0.6) is 0 Å². The maximum atomic E-state index is 12.8. The summed E-state index contributed by atoms with van der Waals surface area (Å²) in [6, 6.07) is 0. The number of hydrogen-bond acceptors (Lipinski definition) is 6. The van der Waals surface area contributed by atoms with Crippen LogP contribution in [-0.2, 0) is 28.6 Å². The minimum absolute atomic E-state index is 0.0780. The molecule has 384 valence electrons. The number of unbranched alkanes of at least 4 members (excludes halogenated alkanes) is 33. The van der Waals surface area contributed by atoms with Crippen molar-refractivity contribution >= 4 is 17.9 Å². The Morgan fingerprint density at radius 3 is 0.864 bits per heavy atom. The fourth-order valence-electron chi connectivity index (χ4n) is 8.21. The number of carbonyl (C=O) groups excluding carboxylic acids is 3. The Kier molecular flexibility index (Phi) is 52.8. The highest BCUT2D eigenvalue weighted by atomic mass is 16.6. The summed E-state index contributed by atoms with van der Waals surface area (Å²) in [6.45, 7) is 6.63. The molecule has 0 rings (SSSR count). The van der Waals surface area contributed by atoms with Crippen molar-refractivity contribution in [3.05, 3.63) is 48.6 Å². The summed E-state index contributed by atoms with van der Waals surface area (Å²) >= 11 is 0. The molecular formula is C60H108O6. The van der Waals surface area contributed by atoms with E-state index in [4.69, 9.17) is 14.2 Å². The number of rotatable bonds is 52. The van der Waals surface area contributed by atoms with E-state index in [1.54, 1.807) is 0 Å². The lowest BCUT2D eigenvalue weighted by atomic mass is 10.0. The summed E-state index contributed by atoms with van der Waals surface area (Å²) in [7, 11) is 0. The molecule has 1 unspecified atom stereocenters. The molecule has 66 heavy (non-hydrogen) atoms. The third-order valence-corrected chi connectivity index (χ3v) is 12.6. The van der Waals surface area contributed by atoms with Gasteiger partial charge in [-0.15, -0.1) is 0 Å². The Morgan fingerprint density at radius 1 is 0.303 bits per heavy atom. The van der Waals surface area contributed by atoms with Crippen LogP contribution >= 0.6 is 0 Å². The van der Waals surface area contributed by atoms with Crippen LogP contribution in [-0.4, -0.2) is 37.2 Å². The first-order valence-corrected chi connectivity index (χ1v) is 28.6. The molecule has 0 aromatic heterocycles. The van der Waals surface area contributed by atoms with Gasteiger partial charge in [0.2, 0.25) is 0 Å². The van der Waals surface area contributed by atoms with Crippen molar-refractivity contribution < 1.29 is 28.6 Å². The van der Waals surface area contributed by atoms with Gasteiger partial charge in [-0.3, -0.25) is 14.4 Å². The summed E-state index contributed by atoms with van der Waals surface area (Å²) < 4.78 is 16.8. The fourth-order valence-corrected chi connectivity index (χ4v) is 8.21. The fraction of sp³-hybridized carbons (Fsp3) is 0.817. The lowest BCUT2D eigenvalue weighted by Gasteiger charge is -2.18. The molecule has 0 N–H and O–H groups in total. The smallest absolute Gasteiger partial charge is 0.306 e. The normalized spacial score (nSPS) is 12.3. The first kappa shape index (κ1) is 63.4. The van der Waals surface area contributed by atoms with E-state index in [-0.39, 0.29) is 31.1 Å². The molecule has 0 bridgehead atoms. The molecule has 0 spiro atoms. The molecule has 0 amide bonds. The van der Waals surface area contributed by atoms with E-state index in [1.807, 2.05) is 0 Å².